The molecule has 1 aromatic rings. The lowest BCUT2D eigenvalue weighted by atomic mass is 10.2. The smallest absolute Gasteiger partial charge is 0.199 e. The van der Waals surface area contributed by atoms with E-state index in [0.29, 0.717) is 5.02 Å². The topological polar surface area (TPSA) is 18.5 Å². The van der Waals surface area contributed by atoms with Gasteiger partial charge in [-0.1, -0.05) is 11.6 Å². The summed E-state index contributed by atoms with van der Waals surface area (Å²) in [6, 6.07) is 5.48. The lowest BCUT2D eigenvalue weighted by molar-refractivity contribution is -0.106. The van der Waals surface area contributed by atoms with Crippen molar-refractivity contribution in [3.8, 4) is 5.75 Å². The molecule has 0 radical (unpaired) electrons. The molecule has 15 heavy (non-hydrogen) atoms. The minimum atomic E-state index is -0.115. The van der Waals surface area contributed by atoms with Gasteiger partial charge in [-0.15, -0.1) is 0 Å². The van der Waals surface area contributed by atoms with Crippen LogP contribution in [-0.4, -0.2) is 12.9 Å². The summed E-state index contributed by atoms with van der Waals surface area (Å²) in [7, 11) is 0. The third-order valence-corrected chi connectivity index (χ3v) is 3.15. The van der Waals surface area contributed by atoms with Gasteiger partial charge < -0.3 is 9.47 Å². The van der Waals surface area contributed by atoms with Crippen molar-refractivity contribution in [1.29, 1.82) is 0 Å². The fraction of sp³-hybridized carbons (Fsp3) is 0.455. The first-order valence-corrected chi connectivity index (χ1v) is 6.16. The predicted octanol–water partition coefficient (Wildman–Crippen LogP) is 4.01. The molecule has 0 N–H and O–H groups in total. The molecule has 1 aliphatic heterocycles. The SMILES string of the molecule is Clc1ccc(OC2CCCCO2)c(Br)c1. The Bertz CT molecular complexity index is 337. The molecule has 0 aromatic heterocycles. The molecule has 1 atom stereocenters. The lowest BCUT2D eigenvalue weighted by Gasteiger charge is -2.23. The zero-order chi connectivity index (χ0) is 10.7. The second-order valence-electron chi connectivity index (χ2n) is 3.49. The van der Waals surface area contributed by atoms with Crippen molar-refractivity contribution in [2.75, 3.05) is 6.61 Å². The van der Waals surface area contributed by atoms with Crippen molar-refractivity contribution in [1.82, 2.24) is 0 Å². The van der Waals surface area contributed by atoms with Crippen molar-refractivity contribution in [2.45, 2.75) is 25.6 Å². The van der Waals surface area contributed by atoms with E-state index in [9.17, 15) is 0 Å². The van der Waals surface area contributed by atoms with E-state index < -0.39 is 0 Å². The summed E-state index contributed by atoms with van der Waals surface area (Å²) in [5.41, 5.74) is 0. The average molecular weight is 292 g/mol. The van der Waals surface area contributed by atoms with Crippen molar-refractivity contribution in [2.24, 2.45) is 0 Å². The van der Waals surface area contributed by atoms with Gasteiger partial charge in [0, 0.05) is 11.4 Å². The van der Waals surface area contributed by atoms with Crippen molar-refractivity contribution in [3.63, 3.8) is 0 Å². The van der Waals surface area contributed by atoms with Crippen molar-refractivity contribution < 1.29 is 9.47 Å². The maximum Gasteiger partial charge on any atom is 0.199 e. The van der Waals surface area contributed by atoms with Crippen LogP contribution in [0.15, 0.2) is 22.7 Å². The zero-order valence-electron chi connectivity index (χ0n) is 8.21. The Balaban J connectivity index is 2.03. The van der Waals surface area contributed by atoms with Crippen LogP contribution in [0.5, 0.6) is 5.75 Å². The summed E-state index contributed by atoms with van der Waals surface area (Å²) < 4.78 is 12.1. The first kappa shape index (κ1) is 11.2. The van der Waals surface area contributed by atoms with Crippen molar-refractivity contribution in [3.05, 3.63) is 27.7 Å². The number of rotatable bonds is 2. The summed E-state index contributed by atoms with van der Waals surface area (Å²) in [6.45, 7) is 0.788. The van der Waals surface area contributed by atoms with E-state index >= 15 is 0 Å². The molecule has 0 saturated carbocycles. The second-order valence-corrected chi connectivity index (χ2v) is 4.78. The summed E-state index contributed by atoms with van der Waals surface area (Å²) in [4.78, 5) is 0. The fourth-order valence-electron chi connectivity index (χ4n) is 1.52. The normalized spacial score (nSPS) is 21.3. The molecule has 1 aromatic carbocycles. The van der Waals surface area contributed by atoms with Gasteiger partial charge in [-0.25, -0.2) is 0 Å². The van der Waals surface area contributed by atoms with Crippen LogP contribution in [-0.2, 0) is 4.74 Å². The van der Waals surface area contributed by atoms with Gasteiger partial charge in [0.25, 0.3) is 0 Å². The van der Waals surface area contributed by atoms with Crippen LogP contribution in [0.25, 0.3) is 0 Å². The molecule has 82 valence electrons. The second kappa shape index (κ2) is 5.19. The number of ether oxygens (including phenoxy) is 2. The fourth-order valence-corrected chi connectivity index (χ4v) is 2.29. The molecule has 1 unspecified atom stereocenters. The largest absolute Gasteiger partial charge is 0.464 e. The highest BCUT2D eigenvalue weighted by atomic mass is 79.9. The van der Waals surface area contributed by atoms with Gasteiger partial charge in [0.1, 0.15) is 5.75 Å². The number of benzene rings is 1. The van der Waals surface area contributed by atoms with E-state index in [0.717, 1.165) is 36.1 Å². The molecule has 0 aliphatic carbocycles. The number of hydrogen-bond acceptors (Lipinski definition) is 2. The molecule has 0 amide bonds. The first-order valence-electron chi connectivity index (χ1n) is 4.99. The molecule has 0 spiro atoms. The minimum Gasteiger partial charge on any atom is -0.464 e. The van der Waals surface area contributed by atoms with Gasteiger partial charge >= 0.3 is 0 Å². The van der Waals surface area contributed by atoms with E-state index in [2.05, 4.69) is 15.9 Å². The highest BCUT2D eigenvalue weighted by Gasteiger charge is 2.16. The summed E-state index contributed by atoms with van der Waals surface area (Å²) >= 11 is 9.25. The predicted molar refractivity (Wildman–Crippen MR) is 63.4 cm³/mol. The molecular formula is C11H12BrClO2. The molecule has 2 nitrogen and oxygen atoms in total. The van der Waals surface area contributed by atoms with E-state index in [-0.39, 0.29) is 6.29 Å². The molecule has 1 heterocycles. The van der Waals surface area contributed by atoms with Gasteiger partial charge in [-0.3, -0.25) is 0 Å². The Morgan fingerprint density at radius 2 is 2.27 bits per heavy atom. The van der Waals surface area contributed by atoms with Crippen LogP contribution < -0.4 is 4.74 Å². The highest BCUT2D eigenvalue weighted by molar-refractivity contribution is 9.10. The standard InChI is InChI=1S/C11H12BrClO2/c12-9-7-8(13)4-5-10(9)15-11-3-1-2-6-14-11/h4-5,7,11H,1-3,6H2. The minimum absolute atomic E-state index is 0.115. The maximum absolute atomic E-state index is 5.84. The lowest BCUT2D eigenvalue weighted by Crippen LogP contribution is -2.25. The van der Waals surface area contributed by atoms with Gasteiger partial charge in [-0.05, 0) is 47.0 Å². The Morgan fingerprint density at radius 1 is 1.40 bits per heavy atom. The van der Waals surface area contributed by atoms with E-state index in [1.165, 1.54) is 0 Å². The monoisotopic (exact) mass is 290 g/mol. The van der Waals surface area contributed by atoms with Crippen LogP contribution >= 0.6 is 27.5 Å². The number of hydrogen-bond donors (Lipinski definition) is 0. The zero-order valence-corrected chi connectivity index (χ0v) is 10.6. The van der Waals surface area contributed by atoms with Gasteiger partial charge in [0.15, 0.2) is 6.29 Å². The third kappa shape index (κ3) is 3.10. The van der Waals surface area contributed by atoms with Crippen molar-refractivity contribution >= 4 is 27.5 Å². The quantitative estimate of drug-likeness (QED) is 0.820. The van der Waals surface area contributed by atoms with Crippen LogP contribution in [0, 0.1) is 0 Å². The van der Waals surface area contributed by atoms with Gasteiger partial charge in [-0.2, -0.15) is 0 Å². The molecule has 1 saturated heterocycles. The first-order chi connectivity index (χ1) is 7.25. The van der Waals surface area contributed by atoms with Gasteiger partial charge in [0.05, 0.1) is 11.1 Å². The van der Waals surface area contributed by atoms with E-state index in [1.807, 2.05) is 18.2 Å². The van der Waals surface area contributed by atoms with Crippen LogP contribution in [0.4, 0.5) is 0 Å². The number of halogens is 2. The third-order valence-electron chi connectivity index (χ3n) is 2.29. The van der Waals surface area contributed by atoms with Crippen LogP contribution in [0.2, 0.25) is 5.02 Å². The maximum atomic E-state index is 5.84. The Labute approximate surface area is 103 Å². The Morgan fingerprint density at radius 3 is 2.93 bits per heavy atom. The molecule has 4 heteroatoms. The van der Waals surface area contributed by atoms with Crippen LogP contribution in [0.3, 0.4) is 0 Å². The van der Waals surface area contributed by atoms with E-state index in [1.54, 1.807) is 0 Å². The Hall–Kier alpha value is -0.250. The van der Waals surface area contributed by atoms with Gasteiger partial charge in [0.2, 0.25) is 0 Å². The van der Waals surface area contributed by atoms with Crippen LogP contribution in [0.1, 0.15) is 19.3 Å². The molecular weight excluding hydrogens is 279 g/mol. The highest BCUT2D eigenvalue weighted by Crippen LogP contribution is 2.30. The molecule has 1 fully saturated rings. The summed E-state index contributed by atoms with van der Waals surface area (Å²) in [5, 5.41) is 0.693. The molecule has 0 bridgehead atoms. The molecule has 1 aliphatic rings. The Kier molecular flexibility index (Phi) is 3.89. The molecule has 2 rings (SSSR count). The van der Waals surface area contributed by atoms with E-state index in [4.69, 9.17) is 21.1 Å². The summed E-state index contributed by atoms with van der Waals surface area (Å²) in [5.74, 6) is 0.784. The summed E-state index contributed by atoms with van der Waals surface area (Å²) in [6.07, 6.45) is 3.13. The average Bonchev–Trinajstić information content (AvgIpc) is 2.24.